The molecule has 0 unspecified atom stereocenters. The molecule has 2 rings (SSSR count). The molecule has 1 saturated heterocycles. The number of H-pyrrole nitrogens is 1. The van der Waals surface area contributed by atoms with E-state index in [-0.39, 0.29) is 17.2 Å². The predicted molar refractivity (Wildman–Crippen MR) is 73.9 cm³/mol. The van der Waals surface area contributed by atoms with Crippen molar-refractivity contribution < 1.29 is 17.9 Å². The van der Waals surface area contributed by atoms with E-state index < -0.39 is 16.0 Å². The molecule has 118 valence electrons. The second kappa shape index (κ2) is 6.52. The Bertz CT molecular complexity index is 592. The van der Waals surface area contributed by atoms with Gasteiger partial charge < -0.3 is 9.64 Å². The van der Waals surface area contributed by atoms with Gasteiger partial charge in [-0.2, -0.15) is 5.10 Å². The number of aromatic nitrogens is 2. The minimum absolute atomic E-state index is 0.0986. The minimum atomic E-state index is -3.89. The van der Waals surface area contributed by atoms with Crippen molar-refractivity contribution in [3.8, 4) is 0 Å². The van der Waals surface area contributed by atoms with Crippen LogP contribution in [0.3, 0.4) is 0 Å². The van der Waals surface area contributed by atoms with Gasteiger partial charge in [0.15, 0.2) is 5.03 Å². The lowest BCUT2D eigenvalue weighted by Gasteiger charge is -2.31. The number of esters is 1. The first-order valence-electron chi connectivity index (χ1n) is 6.60. The molecular weight excluding hydrogens is 298 g/mol. The van der Waals surface area contributed by atoms with Gasteiger partial charge in [-0.05, 0) is 14.0 Å². The van der Waals surface area contributed by atoms with Crippen LogP contribution in [0.5, 0.6) is 0 Å². The van der Waals surface area contributed by atoms with E-state index in [1.54, 1.807) is 11.9 Å². The third kappa shape index (κ3) is 3.79. The summed E-state index contributed by atoms with van der Waals surface area (Å²) in [5, 5.41) is 7.29. The standard InChI is InChI=1S/C11H19N5O4S/c1-3-20-11(17)9-8-12-13-10(9)21(18,19)14-16-6-4-15(2)5-7-16/h8,14H,3-7H2,1-2H3,(H,12,13). The number of piperazine rings is 1. The molecule has 10 heteroatoms. The molecule has 2 heterocycles. The van der Waals surface area contributed by atoms with Crippen molar-refractivity contribution in [1.29, 1.82) is 0 Å². The first-order chi connectivity index (χ1) is 9.94. The van der Waals surface area contributed by atoms with Crippen molar-refractivity contribution in [2.45, 2.75) is 11.9 Å². The van der Waals surface area contributed by atoms with E-state index >= 15 is 0 Å². The van der Waals surface area contributed by atoms with Gasteiger partial charge in [-0.1, -0.05) is 0 Å². The highest BCUT2D eigenvalue weighted by Gasteiger charge is 2.28. The van der Waals surface area contributed by atoms with E-state index in [0.29, 0.717) is 13.1 Å². The molecule has 1 aliphatic heterocycles. The van der Waals surface area contributed by atoms with Crippen molar-refractivity contribution in [2.24, 2.45) is 0 Å². The van der Waals surface area contributed by atoms with Crippen LogP contribution in [-0.2, 0) is 14.8 Å². The number of carbonyl (C=O) groups is 1. The maximum absolute atomic E-state index is 12.3. The van der Waals surface area contributed by atoms with Crippen LogP contribution in [-0.4, -0.2) is 74.3 Å². The number of hydrazine groups is 1. The summed E-state index contributed by atoms with van der Waals surface area (Å²) in [6, 6.07) is 0. The van der Waals surface area contributed by atoms with Crippen molar-refractivity contribution in [3.05, 3.63) is 11.8 Å². The molecule has 21 heavy (non-hydrogen) atoms. The molecule has 0 aromatic carbocycles. The lowest BCUT2D eigenvalue weighted by Crippen LogP contribution is -2.52. The normalized spacial score (nSPS) is 17.8. The monoisotopic (exact) mass is 317 g/mol. The number of nitrogens with zero attached hydrogens (tertiary/aromatic N) is 3. The zero-order chi connectivity index (χ0) is 15.5. The summed E-state index contributed by atoms with van der Waals surface area (Å²) < 4.78 is 29.5. The summed E-state index contributed by atoms with van der Waals surface area (Å²) in [7, 11) is -1.92. The zero-order valence-corrected chi connectivity index (χ0v) is 12.8. The molecule has 0 aliphatic carbocycles. The Hall–Kier alpha value is -1.49. The van der Waals surface area contributed by atoms with Crippen LogP contribution in [0.25, 0.3) is 0 Å². The highest BCUT2D eigenvalue weighted by molar-refractivity contribution is 7.89. The van der Waals surface area contributed by atoms with Crippen LogP contribution in [0.1, 0.15) is 17.3 Å². The number of carbonyl (C=O) groups excluding carboxylic acids is 1. The fourth-order valence-corrected chi connectivity index (χ4v) is 3.16. The van der Waals surface area contributed by atoms with Gasteiger partial charge in [0.25, 0.3) is 10.0 Å². The summed E-state index contributed by atoms with van der Waals surface area (Å²) in [6.07, 6.45) is 1.15. The molecule has 1 aliphatic rings. The highest BCUT2D eigenvalue weighted by Crippen LogP contribution is 2.14. The van der Waals surface area contributed by atoms with Gasteiger partial charge in [0, 0.05) is 26.2 Å². The third-order valence-corrected chi connectivity index (χ3v) is 4.47. The van der Waals surface area contributed by atoms with Crippen LogP contribution in [0.4, 0.5) is 0 Å². The second-order valence-corrected chi connectivity index (χ2v) is 6.32. The number of ether oxygens (including phenoxy) is 1. The Kier molecular flexibility index (Phi) is 4.93. The SMILES string of the molecule is CCOC(=O)c1cn[nH]c1S(=O)(=O)NN1CCN(C)CC1. The zero-order valence-electron chi connectivity index (χ0n) is 12.0. The van der Waals surface area contributed by atoms with E-state index in [0.717, 1.165) is 19.3 Å². The van der Waals surface area contributed by atoms with Gasteiger partial charge in [0.05, 0.1) is 12.8 Å². The van der Waals surface area contributed by atoms with Crippen LogP contribution in [0.2, 0.25) is 0 Å². The van der Waals surface area contributed by atoms with Gasteiger partial charge in [-0.25, -0.2) is 18.2 Å². The molecule has 1 fully saturated rings. The van der Waals surface area contributed by atoms with Crippen molar-refractivity contribution in [3.63, 3.8) is 0 Å². The summed E-state index contributed by atoms with van der Waals surface area (Å²) in [6.45, 7) is 4.47. The number of sulfonamides is 1. The number of hydrogen-bond acceptors (Lipinski definition) is 7. The van der Waals surface area contributed by atoms with Gasteiger partial charge in [0.1, 0.15) is 5.56 Å². The lowest BCUT2D eigenvalue weighted by atomic mass is 10.4. The molecule has 1 aromatic rings. The lowest BCUT2D eigenvalue weighted by molar-refractivity contribution is 0.0521. The Balaban J connectivity index is 2.13. The van der Waals surface area contributed by atoms with Gasteiger partial charge >= 0.3 is 5.97 Å². The summed E-state index contributed by atoms with van der Waals surface area (Å²) >= 11 is 0. The fraction of sp³-hybridized carbons (Fsp3) is 0.636. The Labute approximate surface area is 123 Å². The minimum Gasteiger partial charge on any atom is -0.462 e. The predicted octanol–water partition coefficient (Wildman–Crippen LogP) is -0.973. The van der Waals surface area contributed by atoms with E-state index in [4.69, 9.17) is 4.74 Å². The molecule has 0 spiro atoms. The van der Waals surface area contributed by atoms with Crippen LogP contribution in [0, 0.1) is 0 Å². The van der Waals surface area contributed by atoms with E-state index in [9.17, 15) is 13.2 Å². The fourth-order valence-electron chi connectivity index (χ4n) is 1.95. The van der Waals surface area contributed by atoms with E-state index in [1.807, 2.05) is 7.05 Å². The van der Waals surface area contributed by atoms with Gasteiger partial charge in [0.2, 0.25) is 0 Å². The first-order valence-corrected chi connectivity index (χ1v) is 8.08. The van der Waals surface area contributed by atoms with Crippen LogP contribution >= 0.6 is 0 Å². The molecule has 0 radical (unpaired) electrons. The average molecular weight is 317 g/mol. The topological polar surface area (TPSA) is 108 Å². The number of rotatable bonds is 5. The smallest absolute Gasteiger partial charge is 0.342 e. The average Bonchev–Trinajstić information content (AvgIpc) is 2.92. The summed E-state index contributed by atoms with van der Waals surface area (Å²) in [5.74, 6) is -0.718. The van der Waals surface area contributed by atoms with Crippen LogP contribution in [0.15, 0.2) is 11.2 Å². The molecule has 9 nitrogen and oxygen atoms in total. The summed E-state index contributed by atoms with van der Waals surface area (Å²) in [4.78, 5) is 16.3. The van der Waals surface area contributed by atoms with Crippen molar-refractivity contribution in [1.82, 2.24) is 24.9 Å². The molecule has 0 bridgehead atoms. The number of likely N-dealkylation sites (N-methyl/N-ethyl adjacent to an activating group) is 1. The first kappa shape index (κ1) is 15.9. The Morgan fingerprint density at radius 1 is 1.43 bits per heavy atom. The largest absolute Gasteiger partial charge is 0.462 e. The molecule has 0 saturated carbocycles. The van der Waals surface area contributed by atoms with Crippen LogP contribution < -0.4 is 4.83 Å². The van der Waals surface area contributed by atoms with Crippen molar-refractivity contribution >= 4 is 16.0 Å². The molecule has 2 N–H and O–H groups in total. The molecule has 1 aromatic heterocycles. The quantitative estimate of drug-likeness (QED) is 0.673. The Morgan fingerprint density at radius 2 is 2.10 bits per heavy atom. The number of aromatic amines is 1. The highest BCUT2D eigenvalue weighted by atomic mass is 32.2. The Morgan fingerprint density at radius 3 is 2.71 bits per heavy atom. The van der Waals surface area contributed by atoms with Gasteiger partial charge in [-0.15, -0.1) is 4.83 Å². The maximum Gasteiger partial charge on any atom is 0.342 e. The second-order valence-electron chi connectivity index (χ2n) is 4.72. The molecule has 0 atom stereocenters. The van der Waals surface area contributed by atoms with E-state index in [2.05, 4.69) is 19.9 Å². The number of hydrogen-bond donors (Lipinski definition) is 2. The maximum atomic E-state index is 12.3. The van der Waals surface area contributed by atoms with Crippen molar-refractivity contribution in [2.75, 3.05) is 39.8 Å². The third-order valence-electron chi connectivity index (χ3n) is 3.12. The summed E-state index contributed by atoms with van der Waals surface area (Å²) in [5.41, 5.74) is -0.0986. The number of nitrogens with one attached hydrogen (secondary N) is 2. The molecular formula is C11H19N5O4S. The molecule has 0 amide bonds. The van der Waals surface area contributed by atoms with E-state index in [1.165, 1.54) is 0 Å². The van der Waals surface area contributed by atoms with Gasteiger partial charge in [-0.3, -0.25) is 5.10 Å².